The Labute approximate surface area is 236 Å². The number of aromatic nitrogens is 3. The molecule has 1 saturated carbocycles. The van der Waals surface area contributed by atoms with Crippen LogP contribution in [0.25, 0.3) is 22.4 Å². The monoisotopic (exact) mass is 565 g/mol. The van der Waals surface area contributed by atoms with E-state index in [-0.39, 0.29) is 30.6 Å². The van der Waals surface area contributed by atoms with Gasteiger partial charge in [0.15, 0.2) is 11.4 Å². The van der Waals surface area contributed by atoms with Gasteiger partial charge >= 0.3 is 5.97 Å². The van der Waals surface area contributed by atoms with E-state index in [1.165, 1.54) is 10.8 Å². The van der Waals surface area contributed by atoms with Crippen LogP contribution in [0.15, 0.2) is 35.3 Å². The molecule has 218 valence electrons. The number of benzene rings is 1. The molecule has 0 unspecified atom stereocenters. The number of ether oxygens (including phenoxy) is 2. The van der Waals surface area contributed by atoms with Crippen molar-refractivity contribution in [3.8, 4) is 22.8 Å². The first-order valence-corrected chi connectivity index (χ1v) is 14.0. The molecule has 3 aromatic rings. The quantitative estimate of drug-likeness (QED) is 0.371. The molecule has 2 aliphatic rings. The van der Waals surface area contributed by atoms with Crippen LogP contribution in [-0.4, -0.2) is 87.0 Å². The summed E-state index contributed by atoms with van der Waals surface area (Å²) in [5.74, 6) is -2.06. The molecule has 41 heavy (non-hydrogen) atoms. The first-order valence-electron chi connectivity index (χ1n) is 14.0. The largest absolute Gasteiger partial charge is 0.505 e. The third kappa shape index (κ3) is 5.89. The topological polar surface area (TPSA) is 156 Å². The molecule has 0 radical (unpaired) electrons. The highest BCUT2D eigenvalue weighted by Crippen LogP contribution is 2.31. The van der Waals surface area contributed by atoms with Crippen LogP contribution in [0, 0.1) is 0 Å². The molecule has 0 spiro atoms. The summed E-state index contributed by atoms with van der Waals surface area (Å²) in [4.78, 5) is 50.9. The van der Waals surface area contributed by atoms with Gasteiger partial charge in [0, 0.05) is 38.3 Å². The Kier molecular flexibility index (Phi) is 8.50. The Balaban J connectivity index is 1.59. The van der Waals surface area contributed by atoms with Crippen LogP contribution in [0.3, 0.4) is 0 Å². The molecule has 12 heteroatoms. The lowest BCUT2D eigenvalue weighted by molar-refractivity contribution is -0.145. The smallest absolute Gasteiger partial charge is 0.329 e. The predicted molar refractivity (Wildman–Crippen MR) is 150 cm³/mol. The van der Waals surface area contributed by atoms with Gasteiger partial charge in [-0.3, -0.25) is 19.1 Å². The maximum Gasteiger partial charge on any atom is 0.329 e. The molecule has 0 bridgehead atoms. The van der Waals surface area contributed by atoms with E-state index in [2.05, 4.69) is 20.2 Å². The fourth-order valence-electron chi connectivity index (χ4n) is 5.59. The number of fused-ring (bicyclic) bond motifs is 1. The summed E-state index contributed by atoms with van der Waals surface area (Å²) >= 11 is 0. The number of carbonyl (C=O) groups is 2. The number of nitrogens with zero attached hydrogens (tertiary/aromatic N) is 4. The summed E-state index contributed by atoms with van der Waals surface area (Å²) < 4.78 is 12.1. The summed E-state index contributed by atoms with van der Waals surface area (Å²) in [5, 5.41) is 23.9. The molecular formula is C29H35N5O7. The standard InChI is InChI=1S/C29H35N5O7/c1-40-20-8-6-19(7-9-20)21-18-30-25-23(31-21)24(35)22(26(36)32-29(28(38)39)10-3-2-4-11-29)27(37)34(25)14-13-33-12-5-16-41-17-15-33/h6-9,18,35H,2-5,10-17H2,1H3,(H,32,36)(H,38,39). The zero-order valence-corrected chi connectivity index (χ0v) is 23.1. The van der Waals surface area contributed by atoms with Gasteiger partial charge in [-0.25, -0.2) is 14.8 Å². The lowest BCUT2D eigenvalue weighted by Gasteiger charge is -2.34. The van der Waals surface area contributed by atoms with Crippen molar-refractivity contribution in [3.63, 3.8) is 0 Å². The lowest BCUT2D eigenvalue weighted by atomic mass is 9.81. The Morgan fingerprint density at radius 2 is 1.83 bits per heavy atom. The van der Waals surface area contributed by atoms with Crippen LogP contribution in [0.4, 0.5) is 0 Å². The molecule has 2 fully saturated rings. The van der Waals surface area contributed by atoms with Crippen molar-refractivity contribution >= 4 is 23.0 Å². The van der Waals surface area contributed by atoms with E-state index in [0.29, 0.717) is 56.2 Å². The van der Waals surface area contributed by atoms with E-state index in [1.54, 1.807) is 31.4 Å². The van der Waals surface area contributed by atoms with Crippen LogP contribution >= 0.6 is 0 Å². The van der Waals surface area contributed by atoms with E-state index >= 15 is 0 Å². The number of rotatable bonds is 8. The molecule has 12 nitrogen and oxygen atoms in total. The highest BCUT2D eigenvalue weighted by atomic mass is 16.5. The van der Waals surface area contributed by atoms with Crippen molar-refractivity contribution in [2.45, 2.75) is 50.6 Å². The number of aromatic hydroxyl groups is 1. The number of methoxy groups -OCH3 is 1. The first kappa shape index (κ1) is 28.5. The fourth-order valence-corrected chi connectivity index (χ4v) is 5.59. The van der Waals surface area contributed by atoms with Gasteiger partial charge in [0.25, 0.3) is 11.5 Å². The number of amides is 1. The molecule has 1 aliphatic heterocycles. The zero-order chi connectivity index (χ0) is 29.0. The molecule has 1 aromatic carbocycles. The van der Waals surface area contributed by atoms with Gasteiger partial charge in [0.05, 0.1) is 25.6 Å². The summed E-state index contributed by atoms with van der Waals surface area (Å²) in [7, 11) is 1.56. The lowest BCUT2D eigenvalue weighted by Crippen LogP contribution is -2.56. The molecule has 2 aromatic heterocycles. The Hall–Kier alpha value is -4.03. The predicted octanol–water partition coefficient (Wildman–Crippen LogP) is 2.41. The summed E-state index contributed by atoms with van der Waals surface area (Å²) in [6.45, 7) is 3.44. The van der Waals surface area contributed by atoms with E-state index in [4.69, 9.17) is 9.47 Å². The van der Waals surface area contributed by atoms with Gasteiger partial charge in [0.1, 0.15) is 22.4 Å². The van der Waals surface area contributed by atoms with Gasteiger partial charge in [-0.2, -0.15) is 0 Å². The number of nitrogens with one attached hydrogen (secondary N) is 1. The van der Waals surface area contributed by atoms with Gasteiger partial charge in [-0.1, -0.05) is 19.3 Å². The molecule has 0 atom stereocenters. The van der Waals surface area contributed by atoms with Gasteiger partial charge < -0.3 is 25.0 Å². The minimum atomic E-state index is -1.50. The maximum absolute atomic E-state index is 13.8. The van der Waals surface area contributed by atoms with E-state index < -0.39 is 34.3 Å². The van der Waals surface area contributed by atoms with E-state index in [1.807, 2.05) is 0 Å². The van der Waals surface area contributed by atoms with Crippen LogP contribution in [-0.2, 0) is 16.1 Å². The molecule has 3 N–H and O–H groups in total. The van der Waals surface area contributed by atoms with Crippen LogP contribution in [0.5, 0.6) is 11.5 Å². The number of carboxylic acids is 1. The number of hydrogen-bond acceptors (Lipinski definition) is 9. The summed E-state index contributed by atoms with van der Waals surface area (Å²) in [6, 6.07) is 7.11. The third-order valence-electron chi connectivity index (χ3n) is 7.97. The molecule has 1 saturated heterocycles. The van der Waals surface area contributed by atoms with Crippen LogP contribution in [0.2, 0.25) is 0 Å². The molecule has 5 rings (SSSR count). The molecule has 1 aliphatic carbocycles. The average molecular weight is 566 g/mol. The average Bonchev–Trinajstić information content (AvgIpc) is 3.26. The highest BCUT2D eigenvalue weighted by Gasteiger charge is 2.42. The molecular weight excluding hydrogens is 530 g/mol. The number of hydrogen-bond donors (Lipinski definition) is 3. The minimum Gasteiger partial charge on any atom is -0.505 e. The maximum atomic E-state index is 13.8. The Morgan fingerprint density at radius 1 is 1.07 bits per heavy atom. The second-order valence-electron chi connectivity index (χ2n) is 10.5. The highest BCUT2D eigenvalue weighted by molar-refractivity contribution is 6.03. The van der Waals surface area contributed by atoms with Gasteiger partial charge in [-0.05, 0) is 43.5 Å². The van der Waals surface area contributed by atoms with Crippen molar-refractivity contribution in [3.05, 3.63) is 46.4 Å². The number of aliphatic carboxylic acids is 1. The fraction of sp³-hybridized carbons (Fsp3) is 0.483. The third-order valence-corrected chi connectivity index (χ3v) is 7.97. The van der Waals surface area contributed by atoms with Gasteiger partial charge in [-0.15, -0.1) is 0 Å². The van der Waals surface area contributed by atoms with Crippen LogP contribution < -0.4 is 15.6 Å². The normalized spacial score (nSPS) is 17.6. The van der Waals surface area contributed by atoms with Crippen molar-refractivity contribution in [1.29, 1.82) is 0 Å². The van der Waals surface area contributed by atoms with E-state index in [9.17, 15) is 24.6 Å². The number of carbonyl (C=O) groups excluding carboxylic acids is 1. The number of pyridine rings is 1. The Bertz CT molecular complexity index is 1470. The first-order chi connectivity index (χ1) is 19.8. The zero-order valence-electron chi connectivity index (χ0n) is 23.1. The van der Waals surface area contributed by atoms with Crippen molar-refractivity contribution in [2.24, 2.45) is 0 Å². The van der Waals surface area contributed by atoms with Crippen molar-refractivity contribution in [2.75, 3.05) is 40.0 Å². The van der Waals surface area contributed by atoms with E-state index in [0.717, 1.165) is 19.4 Å². The molecule has 1 amide bonds. The summed E-state index contributed by atoms with van der Waals surface area (Å²) in [6.07, 6.45) is 5.00. The second kappa shape index (κ2) is 12.2. The van der Waals surface area contributed by atoms with Gasteiger partial charge in [0.2, 0.25) is 0 Å². The van der Waals surface area contributed by atoms with Crippen LogP contribution in [0.1, 0.15) is 48.9 Å². The minimum absolute atomic E-state index is 0.0183. The van der Waals surface area contributed by atoms with Crippen molar-refractivity contribution < 1.29 is 29.3 Å². The SMILES string of the molecule is COc1ccc(-c2cnc3c(n2)c(O)c(C(=O)NC2(C(=O)O)CCCCC2)c(=O)n3CCN2CCCOCC2)cc1. The van der Waals surface area contributed by atoms with Crippen molar-refractivity contribution in [1.82, 2.24) is 24.8 Å². The molecule has 3 heterocycles. The Morgan fingerprint density at radius 3 is 2.54 bits per heavy atom. The number of carboxylic acid groups (broad SMARTS) is 1. The summed E-state index contributed by atoms with van der Waals surface area (Å²) in [5.41, 5.74) is -1.55. The second-order valence-corrected chi connectivity index (χ2v) is 10.5.